The molecule has 3 heteroatoms. The lowest BCUT2D eigenvalue weighted by molar-refractivity contribution is 0.0206. The van der Waals surface area contributed by atoms with Gasteiger partial charge in [-0.3, -0.25) is 4.90 Å². The van der Waals surface area contributed by atoms with Crippen LogP contribution in [-0.4, -0.2) is 29.6 Å². The number of hydrogen-bond donors (Lipinski definition) is 1. The molecule has 2 heterocycles. The second-order valence-electron chi connectivity index (χ2n) is 7.29. The summed E-state index contributed by atoms with van der Waals surface area (Å²) in [4.78, 5) is 4.40. The van der Waals surface area contributed by atoms with Crippen LogP contribution in [0.4, 0.5) is 0 Å². The number of hydrogen-bond acceptors (Lipinski definition) is 3. The molecule has 1 aromatic rings. The fraction of sp³-hybridized carbons (Fsp3) is 0.778. The SMILES string of the molecule is CCC(c1cccs1)N1CC2(CCCC2)NCC1C(C)C. The Morgan fingerprint density at radius 3 is 2.71 bits per heavy atom. The molecular weight excluding hydrogens is 276 g/mol. The summed E-state index contributed by atoms with van der Waals surface area (Å²) < 4.78 is 0. The summed E-state index contributed by atoms with van der Waals surface area (Å²) >= 11 is 1.93. The summed E-state index contributed by atoms with van der Waals surface area (Å²) in [5, 5.41) is 6.17. The Balaban J connectivity index is 1.85. The highest BCUT2D eigenvalue weighted by molar-refractivity contribution is 7.10. The number of piperazine rings is 1. The van der Waals surface area contributed by atoms with E-state index in [0.29, 0.717) is 23.5 Å². The first-order chi connectivity index (χ1) is 10.2. The van der Waals surface area contributed by atoms with Gasteiger partial charge in [-0.2, -0.15) is 0 Å². The monoisotopic (exact) mass is 306 g/mol. The molecular formula is C18H30N2S. The number of nitrogens with one attached hydrogen (secondary N) is 1. The van der Waals surface area contributed by atoms with Gasteiger partial charge in [0.15, 0.2) is 0 Å². The van der Waals surface area contributed by atoms with E-state index in [1.165, 1.54) is 45.2 Å². The Bertz CT molecular complexity index is 434. The zero-order valence-electron chi connectivity index (χ0n) is 13.8. The van der Waals surface area contributed by atoms with E-state index in [1.807, 2.05) is 11.3 Å². The van der Waals surface area contributed by atoms with Crippen molar-refractivity contribution in [3.63, 3.8) is 0 Å². The number of nitrogens with zero attached hydrogens (tertiary/aromatic N) is 1. The van der Waals surface area contributed by atoms with Gasteiger partial charge in [0.25, 0.3) is 0 Å². The molecule has 2 unspecified atom stereocenters. The van der Waals surface area contributed by atoms with E-state index in [9.17, 15) is 0 Å². The minimum Gasteiger partial charge on any atom is -0.308 e. The Hall–Kier alpha value is -0.380. The van der Waals surface area contributed by atoms with Gasteiger partial charge in [0.05, 0.1) is 0 Å². The maximum absolute atomic E-state index is 3.94. The van der Waals surface area contributed by atoms with Crippen molar-refractivity contribution in [1.82, 2.24) is 10.2 Å². The molecule has 21 heavy (non-hydrogen) atoms. The predicted molar refractivity (Wildman–Crippen MR) is 91.9 cm³/mol. The smallest absolute Gasteiger partial charge is 0.0443 e. The van der Waals surface area contributed by atoms with Crippen molar-refractivity contribution < 1.29 is 0 Å². The van der Waals surface area contributed by atoms with E-state index in [0.717, 1.165) is 0 Å². The number of rotatable bonds is 4. The van der Waals surface area contributed by atoms with E-state index >= 15 is 0 Å². The molecule has 2 nitrogen and oxygen atoms in total. The van der Waals surface area contributed by atoms with Crippen LogP contribution in [0.2, 0.25) is 0 Å². The van der Waals surface area contributed by atoms with Crippen molar-refractivity contribution in [3.05, 3.63) is 22.4 Å². The highest BCUT2D eigenvalue weighted by Gasteiger charge is 2.43. The molecule has 2 aliphatic rings. The second-order valence-corrected chi connectivity index (χ2v) is 8.27. The summed E-state index contributed by atoms with van der Waals surface area (Å²) in [7, 11) is 0. The predicted octanol–water partition coefficient (Wildman–Crippen LogP) is 4.44. The van der Waals surface area contributed by atoms with Crippen molar-refractivity contribution in [2.75, 3.05) is 13.1 Å². The molecule has 0 radical (unpaired) electrons. The largest absolute Gasteiger partial charge is 0.308 e. The van der Waals surface area contributed by atoms with E-state index in [4.69, 9.17) is 0 Å². The van der Waals surface area contributed by atoms with Gasteiger partial charge in [-0.25, -0.2) is 0 Å². The van der Waals surface area contributed by atoms with Crippen LogP contribution < -0.4 is 5.32 Å². The molecule has 1 saturated heterocycles. The van der Waals surface area contributed by atoms with Gasteiger partial charge in [-0.15, -0.1) is 11.3 Å². The van der Waals surface area contributed by atoms with Crippen molar-refractivity contribution in [3.8, 4) is 0 Å². The Morgan fingerprint density at radius 1 is 1.38 bits per heavy atom. The zero-order valence-corrected chi connectivity index (χ0v) is 14.6. The van der Waals surface area contributed by atoms with Crippen LogP contribution in [0.1, 0.15) is 63.8 Å². The zero-order chi connectivity index (χ0) is 14.9. The van der Waals surface area contributed by atoms with Gasteiger partial charge in [0, 0.05) is 35.6 Å². The lowest BCUT2D eigenvalue weighted by Crippen LogP contribution is -2.64. The van der Waals surface area contributed by atoms with Gasteiger partial charge in [0.1, 0.15) is 0 Å². The summed E-state index contributed by atoms with van der Waals surface area (Å²) in [6, 6.07) is 5.82. The third kappa shape index (κ3) is 3.06. The summed E-state index contributed by atoms with van der Waals surface area (Å²) in [5.74, 6) is 0.713. The molecule has 1 aliphatic heterocycles. The van der Waals surface area contributed by atoms with Crippen LogP contribution in [0.25, 0.3) is 0 Å². The molecule has 1 aromatic heterocycles. The first-order valence-electron chi connectivity index (χ1n) is 8.69. The fourth-order valence-electron chi connectivity index (χ4n) is 4.39. The quantitative estimate of drug-likeness (QED) is 0.884. The van der Waals surface area contributed by atoms with Crippen molar-refractivity contribution in [2.45, 2.75) is 70.5 Å². The van der Waals surface area contributed by atoms with E-state index in [2.05, 4.69) is 48.5 Å². The van der Waals surface area contributed by atoms with Crippen LogP contribution in [0, 0.1) is 5.92 Å². The van der Waals surface area contributed by atoms with Crippen LogP contribution >= 0.6 is 11.3 Å². The van der Waals surface area contributed by atoms with Crippen molar-refractivity contribution in [1.29, 1.82) is 0 Å². The van der Waals surface area contributed by atoms with Crippen LogP contribution in [0.5, 0.6) is 0 Å². The molecule has 0 bridgehead atoms. The standard InChI is InChI=1S/C18H30N2S/c1-4-15(17-8-7-11-21-17)20-13-18(9-5-6-10-18)19-12-16(20)14(2)3/h7-8,11,14-16,19H,4-6,9-10,12-13H2,1-3H3. The van der Waals surface area contributed by atoms with Gasteiger partial charge in [0.2, 0.25) is 0 Å². The molecule has 0 amide bonds. The third-order valence-electron chi connectivity index (χ3n) is 5.59. The average molecular weight is 307 g/mol. The maximum atomic E-state index is 3.94. The van der Waals surface area contributed by atoms with Crippen LogP contribution in [0.3, 0.4) is 0 Å². The topological polar surface area (TPSA) is 15.3 Å². The van der Waals surface area contributed by atoms with Gasteiger partial charge < -0.3 is 5.32 Å². The van der Waals surface area contributed by atoms with Crippen LogP contribution in [-0.2, 0) is 0 Å². The van der Waals surface area contributed by atoms with E-state index in [1.54, 1.807) is 4.88 Å². The van der Waals surface area contributed by atoms with Gasteiger partial charge in [-0.05, 0) is 36.6 Å². The minimum absolute atomic E-state index is 0.413. The Morgan fingerprint density at radius 2 is 2.14 bits per heavy atom. The molecule has 1 spiro atoms. The Labute approximate surface area is 133 Å². The normalized spacial score (nSPS) is 27.5. The van der Waals surface area contributed by atoms with Crippen molar-refractivity contribution in [2.24, 2.45) is 5.92 Å². The highest BCUT2D eigenvalue weighted by atomic mass is 32.1. The summed E-state index contributed by atoms with van der Waals surface area (Å²) in [6.07, 6.45) is 6.77. The summed E-state index contributed by atoms with van der Waals surface area (Å²) in [6.45, 7) is 9.52. The lowest BCUT2D eigenvalue weighted by atomic mass is 9.87. The maximum Gasteiger partial charge on any atom is 0.0443 e. The lowest BCUT2D eigenvalue weighted by Gasteiger charge is -2.50. The molecule has 1 N–H and O–H groups in total. The third-order valence-corrected chi connectivity index (χ3v) is 6.56. The molecule has 1 aliphatic carbocycles. The molecule has 2 fully saturated rings. The minimum atomic E-state index is 0.413. The molecule has 1 saturated carbocycles. The molecule has 118 valence electrons. The van der Waals surface area contributed by atoms with E-state index in [-0.39, 0.29) is 0 Å². The van der Waals surface area contributed by atoms with Crippen LogP contribution in [0.15, 0.2) is 17.5 Å². The second kappa shape index (κ2) is 6.39. The average Bonchev–Trinajstić information content (AvgIpc) is 3.12. The number of thiophene rings is 1. The van der Waals surface area contributed by atoms with E-state index < -0.39 is 0 Å². The van der Waals surface area contributed by atoms with Crippen molar-refractivity contribution >= 4 is 11.3 Å². The Kier molecular flexibility index (Phi) is 4.72. The first-order valence-corrected chi connectivity index (χ1v) is 9.57. The first kappa shape index (κ1) is 15.5. The fourth-order valence-corrected chi connectivity index (χ4v) is 5.32. The summed E-state index contributed by atoms with van der Waals surface area (Å²) in [5.41, 5.74) is 0.413. The molecule has 3 rings (SSSR count). The molecule has 2 atom stereocenters. The molecule has 0 aromatic carbocycles. The van der Waals surface area contributed by atoms with Gasteiger partial charge in [-0.1, -0.05) is 39.7 Å². The highest BCUT2D eigenvalue weighted by Crippen LogP contribution is 2.39. The van der Waals surface area contributed by atoms with Gasteiger partial charge >= 0.3 is 0 Å².